The van der Waals surface area contributed by atoms with Crippen LogP contribution in [0.25, 0.3) is 0 Å². The highest BCUT2D eigenvalue weighted by atomic mass is 31.0. The molecule has 1 atom stereocenters. The lowest BCUT2D eigenvalue weighted by Gasteiger charge is -1.96. The summed E-state index contributed by atoms with van der Waals surface area (Å²) in [6.07, 6.45) is 3.23. The van der Waals surface area contributed by atoms with Crippen LogP contribution in [0.3, 0.4) is 0 Å². The van der Waals surface area contributed by atoms with Gasteiger partial charge in [0.1, 0.15) is 0 Å². The molecule has 15 heavy (non-hydrogen) atoms. The molecule has 90 valence electrons. The van der Waals surface area contributed by atoms with E-state index in [1.807, 2.05) is 33.5 Å². The lowest BCUT2D eigenvalue weighted by molar-refractivity contribution is 0.636. The summed E-state index contributed by atoms with van der Waals surface area (Å²) in [6.45, 7) is 9.37. The van der Waals surface area contributed by atoms with Gasteiger partial charge in [-0.15, -0.1) is 9.24 Å². The van der Waals surface area contributed by atoms with Gasteiger partial charge >= 0.3 is 0 Å². The molecule has 0 aliphatic heterocycles. The molecular weight excluding hydrogens is 213 g/mol. The third-order valence-corrected chi connectivity index (χ3v) is 1.94. The van der Waals surface area contributed by atoms with Crippen molar-refractivity contribution in [2.75, 3.05) is 7.18 Å². The van der Waals surface area contributed by atoms with Crippen LogP contribution in [-0.2, 0) is 0 Å². The van der Waals surface area contributed by atoms with Crippen molar-refractivity contribution in [3.8, 4) is 0 Å². The minimum Gasteiger partial charge on any atom is -0.255 e. The van der Waals surface area contributed by atoms with E-state index >= 15 is 0 Å². The van der Waals surface area contributed by atoms with Gasteiger partial charge in [-0.25, -0.2) is 4.39 Å². The van der Waals surface area contributed by atoms with Crippen molar-refractivity contribution in [2.24, 2.45) is 0 Å². The van der Waals surface area contributed by atoms with Crippen molar-refractivity contribution in [1.29, 1.82) is 0 Å². The Hall–Kier alpha value is -0.490. The van der Waals surface area contributed by atoms with E-state index in [0.29, 0.717) is 7.18 Å². The summed E-state index contributed by atoms with van der Waals surface area (Å²) in [7, 11) is 3.02. The maximum atomic E-state index is 12.2. The zero-order valence-electron chi connectivity index (χ0n) is 10.6. The Morgan fingerprint density at radius 3 is 1.60 bits per heavy atom. The van der Waals surface area contributed by atoms with Gasteiger partial charge in [0.05, 0.1) is 13.0 Å². The van der Waals surface area contributed by atoms with Gasteiger partial charge in [0, 0.05) is 0 Å². The molecule has 0 aromatic rings. The van der Waals surface area contributed by atoms with Gasteiger partial charge in [-0.05, 0) is 38.0 Å². The molecule has 0 aromatic heterocycles. The highest BCUT2D eigenvalue weighted by molar-refractivity contribution is 7.20. The van der Waals surface area contributed by atoms with Crippen molar-refractivity contribution in [1.82, 2.24) is 0 Å². The predicted octanol–water partition coefficient (Wildman–Crippen LogP) is 5.20. The lowest BCUT2D eigenvalue weighted by Crippen LogP contribution is -1.75. The summed E-state index contributed by atoms with van der Waals surface area (Å²) >= 11 is 0. The van der Waals surface area contributed by atoms with E-state index in [2.05, 4.69) is 9.24 Å². The molecule has 0 aliphatic rings. The van der Waals surface area contributed by atoms with Gasteiger partial charge in [0.15, 0.2) is 0 Å². The highest BCUT2D eigenvalue weighted by Gasteiger charge is 1.88. The number of rotatable bonds is 2. The number of allylic oxidation sites excluding steroid dienone is 5. The Balaban J connectivity index is -0.000000318. The minimum atomic E-state index is -0.166. The summed E-state index contributed by atoms with van der Waals surface area (Å²) in [5, 5.41) is 0. The van der Waals surface area contributed by atoms with Crippen LogP contribution >= 0.6 is 9.24 Å². The monoisotopic (exact) mass is 236 g/mol. The molecular formula is C12H23F2P. The molecule has 1 unspecified atom stereocenters. The number of hydrogen-bond acceptors (Lipinski definition) is 0. The first-order valence-electron chi connectivity index (χ1n) is 4.85. The van der Waals surface area contributed by atoms with Crippen LogP contribution in [-0.4, -0.2) is 7.18 Å². The first kappa shape index (κ1) is 20.0. The molecule has 0 radical (unpaired) electrons. The molecule has 0 spiro atoms. The fourth-order valence-corrected chi connectivity index (χ4v) is 0.766. The van der Waals surface area contributed by atoms with Crippen molar-refractivity contribution in [3.05, 3.63) is 34.9 Å². The molecule has 0 saturated carbocycles. The van der Waals surface area contributed by atoms with Crippen LogP contribution < -0.4 is 0 Å². The molecule has 0 bridgehead atoms. The molecule has 0 N–H and O–H groups in total. The minimum absolute atomic E-state index is 0.166. The second-order valence-corrected chi connectivity index (χ2v) is 2.79. The van der Waals surface area contributed by atoms with Crippen molar-refractivity contribution in [2.45, 2.75) is 34.6 Å². The molecule has 0 aliphatic carbocycles. The average molecular weight is 236 g/mol. The van der Waals surface area contributed by atoms with Crippen LogP contribution in [0.5, 0.6) is 0 Å². The fourth-order valence-electron chi connectivity index (χ4n) is 0.503. The molecule has 0 nitrogen and oxygen atoms in total. The first-order chi connectivity index (χ1) is 7.07. The molecule has 0 aromatic carbocycles. The standard InChI is InChI=1S/C9H14FP.C2H6.CH3F/c1-7(8(2)6-11)4-5-9(3)10;2*1-2/h4-6H,11H2,1-3H3;1-2H3;1H3/b7-4-,8-6+,9-5+;;. The van der Waals surface area contributed by atoms with E-state index in [1.165, 1.54) is 13.0 Å². The van der Waals surface area contributed by atoms with E-state index in [1.54, 1.807) is 6.08 Å². The zero-order chi connectivity index (χ0) is 12.9. The number of hydrogen-bond donors (Lipinski definition) is 0. The summed E-state index contributed by atoms with van der Waals surface area (Å²) in [6, 6.07) is 0. The summed E-state index contributed by atoms with van der Waals surface area (Å²) in [4.78, 5) is 0. The second-order valence-electron chi connectivity index (χ2n) is 2.45. The van der Waals surface area contributed by atoms with Gasteiger partial charge in [0.25, 0.3) is 0 Å². The van der Waals surface area contributed by atoms with Crippen LogP contribution in [0.1, 0.15) is 34.6 Å². The van der Waals surface area contributed by atoms with Gasteiger partial charge in [-0.1, -0.05) is 25.7 Å². The molecule has 0 fully saturated rings. The topological polar surface area (TPSA) is 0 Å². The fraction of sp³-hybridized carbons (Fsp3) is 0.500. The Bertz CT molecular complexity index is 212. The zero-order valence-corrected chi connectivity index (χ0v) is 11.7. The van der Waals surface area contributed by atoms with E-state index in [0.717, 1.165) is 11.1 Å². The molecule has 0 heterocycles. The molecule has 0 rings (SSSR count). The first-order valence-corrected chi connectivity index (χ1v) is 5.52. The van der Waals surface area contributed by atoms with Crippen molar-refractivity contribution >= 4 is 9.24 Å². The van der Waals surface area contributed by atoms with E-state index in [9.17, 15) is 8.78 Å². The number of alkyl halides is 1. The van der Waals surface area contributed by atoms with Gasteiger partial charge in [0.2, 0.25) is 0 Å². The third-order valence-electron chi connectivity index (χ3n) is 1.44. The summed E-state index contributed by atoms with van der Waals surface area (Å²) in [5.41, 5.74) is 2.23. The maximum absolute atomic E-state index is 12.2. The van der Waals surface area contributed by atoms with E-state index in [4.69, 9.17) is 0 Å². The quantitative estimate of drug-likeness (QED) is 0.457. The lowest BCUT2D eigenvalue weighted by atomic mass is 10.1. The molecule has 3 heteroatoms. The maximum Gasteiger partial charge on any atom is 0.0968 e. The Morgan fingerprint density at radius 1 is 0.933 bits per heavy atom. The second kappa shape index (κ2) is 16.0. The van der Waals surface area contributed by atoms with Crippen molar-refractivity contribution in [3.63, 3.8) is 0 Å². The van der Waals surface area contributed by atoms with Crippen LogP contribution in [0.2, 0.25) is 0 Å². The smallest absolute Gasteiger partial charge is 0.0968 e. The molecule has 0 saturated heterocycles. The Morgan fingerprint density at radius 2 is 1.33 bits per heavy atom. The largest absolute Gasteiger partial charge is 0.255 e. The van der Waals surface area contributed by atoms with E-state index in [-0.39, 0.29) is 5.83 Å². The molecule has 0 amide bonds. The summed E-state index contributed by atoms with van der Waals surface area (Å²) < 4.78 is 21.7. The predicted molar refractivity (Wildman–Crippen MR) is 70.5 cm³/mol. The normalized spacial score (nSPS) is 12.2. The van der Waals surface area contributed by atoms with Crippen LogP contribution in [0.15, 0.2) is 34.9 Å². The van der Waals surface area contributed by atoms with Gasteiger partial charge in [-0.3, -0.25) is 4.39 Å². The number of halogens is 2. The average Bonchev–Trinajstić information content (AvgIpc) is 2.30. The Labute approximate surface area is 95.4 Å². The van der Waals surface area contributed by atoms with Crippen LogP contribution in [0, 0.1) is 0 Å². The Kier molecular flexibility index (Phi) is 21.3. The van der Waals surface area contributed by atoms with Gasteiger partial charge < -0.3 is 0 Å². The van der Waals surface area contributed by atoms with Crippen LogP contribution in [0.4, 0.5) is 8.78 Å². The third kappa shape index (κ3) is 16.2. The van der Waals surface area contributed by atoms with Crippen molar-refractivity contribution < 1.29 is 8.78 Å². The van der Waals surface area contributed by atoms with Gasteiger partial charge in [-0.2, -0.15) is 0 Å². The summed E-state index contributed by atoms with van der Waals surface area (Å²) in [5.74, 6) is 1.76. The highest BCUT2D eigenvalue weighted by Crippen LogP contribution is 2.10. The SMILES string of the molecule is CC.CC(=C/C=C(\C)F)/C(C)=C/P.CF. The van der Waals surface area contributed by atoms with E-state index < -0.39 is 0 Å².